The number of rotatable bonds is 4. The summed E-state index contributed by atoms with van der Waals surface area (Å²) >= 11 is 0. The molecule has 25 heavy (non-hydrogen) atoms. The quantitative estimate of drug-likeness (QED) is 0.660. The molecule has 136 valence electrons. The summed E-state index contributed by atoms with van der Waals surface area (Å²) in [5.74, 6) is -0.170. The molecule has 3 rings (SSSR count). The van der Waals surface area contributed by atoms with E-state index in [0.717, 1.165) is 57.3 Å². The first-order valence-corrected chi connectivity index (χ1v) is 9.49. The third-order valence-electron chi connectivity index (χ3n) is 5.32. The van der Waals surface area contributed by atoms with Gasteiger partial charge in [-0.3, -0.25) is 14.9 Å². The molecule has 1 aromatic rings. The second kappa shape index (κ2) is 8.32. The van der Waals surface area contributed by atoms with Gasteiger partial charge in [-0.15, -0.1) is 0 Å². The maximum absolute atomic E-state index is 12.9. The maximum atomic E-state index is 12.9. The Balaban J connectivity index is 1.80. The van der Waals surface area contributed by atoms with Crippen molar-refractivity contribution in [2.75, 3.05) is 18.0 Å². The van der Waals surface area contributed by atoms with Crippen molar-refractivity contribution < 1.29 is 9.72 Å². The molecule has 1 saturated carbocycles. The number of non-ortho nitro benzene ring substituents is 1. The van der Waals surface area contributed by atoms with Crippen molar-refractivity contribution in [2.24, 2.45) is 0 Å². The van der Waals surface area contributed by atoms with Crippen LogP contribution in [0, 0.1) is 10.1 Å². The second-order valence-corrected chi connectivity index (χ2v) is 7.17. The van der Waals surface area contributed by atoms with Crippen LogP contribution in [0.4, 0.5) is 11.4 Å². The van der Waals surface area contributed by atoms with Crippen molar-refractivity contribution in [2.45, 2.75) is 63.8 Å². The highest BCUT2D eigenvalue weighted by molar-refractivity contribution is 6.00. The van der Waals surface area contributed by atoms with Crippen LogP contribution < -0.4 is 10.2 Å². The standard InChI is InChI=1S/C19H27N3O3/c23-19(20-15-8-4-2-1-3-5-9-15)17-14-16(22(24)25)10-11-18(17)21-12-6-7-13-21/h10-11,14-15H,1-9,12-13H2,(H,20,23). The molecule has 1 saturated heterocycles. The van der Waals surface area contributed by atoms with Crippen molar-refractivity contribution >= 4 is 17.3 Å². The topological polar surface area (TPSA) is 75.5 Å². The van der Waals surface area contributed by atoms with E-state index in [1.165, 1.54) is 31.4 Å². The van der Waals surface area contributed by atoms with Gasteiger partial charge < -0.3 is 10.2 Å². The number of carbonyl (C=O) groups is 1. The number of hydrogen-bond donors (Lipinski definition) is 1. The van der Waals surface area contributed by atoms with Gasteiger partial charge >= 0.3 is 0 Å². The third kappa shape index (κ3) is 4.50. The Morgan fingerprint density at radius 3 is 2.32 bits per heavy atom. The van der Waals surface area contributed by atoms with E-state index in [1.54, 1.807) is 6.07 Å². The van der Waals surface area contributed by atoms with E-state index in [2.05, 4.69) is 10.2 Å². The molecule has 0 unspecified atom stereocenters. The highest BCUT2D eigenvalue weighted by Gasteiger charge is 2.24. The molecule has 2 aliphatic rings. The molecule has 1 heterocycles. The van der Waals surface area contributed by atoms with E-state index in [4.69, 9.17) is 0 Å². The van der Waals surface area contributed by atoms with Crippen molar-refractivity contribution in [1.29, 1.82) is 0 Å². The number of benzene rings is 1. The fourth-order valence-corrected chi connectivity index (χ4v) is 3.92. The van der Waals surface area contributed by atoms with Gasteiger partial charge in [0.2, 0.25) is 0 Å². The van der Waals surface area contributed by atoms with Crippen molar-refractivity contribution in [1.82, 2.24) is 5.32 Å². The number of hydrogen-bond acceptors (Lipinski definition) is 4. The van der Waals surface area contributed by atoms with Crippen LogP contribution in [0.25, 0.3) is 0 Å². The summed E-state index contributed by atoms with van der Waals surface area (Å²) in [6.45, 7) is 1.81. The zero-order valence-electron chi connectivity index (χ0n) is 14.7. The molecule has 0 atom stereocenters. The number of amides is 1. The Labute approximate surface area is 148 Å². The van der Waals surface area contributed by atoms with E-state index < -0.39 is 4.92 Å². The number of nitro groups is 1. The van der Waals surface area contributed by atoms with Crippen LogP contribution in [0.1, 0.15) is 68.1 Å². The van der Waals surface area contributed by atoms with Crippen LogP contribution in [0.3, 0.4) is 0 Å². The fourth-order valence-electron chi connectivity index (χ4n) is 3.92. The van der Waals surface area contributed by atoms with Gasteiger partial charge in [-0.2, -0.15) is 0 Å². The lowest BCUT2D eigenvalue weighted by atomic mass is 9.96. The maximum Gasteiger partial charge on any atom is 0.270 e. The molecule has 6 heteroatoms. The van der Waals surface area contributed by atoms with E-state index >= 15 is 0 Å². The van der Waals surface area contributed by atoms with Crippen LogP contribution in [-0.4, -0.2) is 30.0 Å². The molecule has 0 spiro atoms. The average Bonchev–Trinajstić information content (AvgIpc) is 3.10. The molecule has 0 bridgehead atoms. The average molecular weight is 345 g/mol. The molecule has 1 aliphatic carbocycles. The highest BCUT2D eigenvalue weighted by Crippen LogP contribution is 2.29. The smallest absolute Gasteiger partial charge is 0.270 e. The van der Waals surface area contributed by atoms with Crippen LogP contribution in [0.5, 0.6) is 0 Å². The zero-order chi connectivity index (χ0) is 17.6. The lowest BCUT2D eigenvalue weighted by Crippen LogP contribution is -2.36. The predicted molar refractivity (Wildman–Crippen MR) is 98.1 cm³/mol. The first-order chi connectivity index (χ1) is 12.1. The third-order valence-corrected chi connectivity index (χ3v) is 5.32. The summed E-state index contributed by atoms with van der Waals surface area (Å²) in [4.78, 5) is 25.8. The molecular weight excluding hydrogens is 318 g/mol. The molecule has 1 aromatic carbocycles. The first-order valence-electron chi connectivity index (χ1n) is 9.49. The summed E-state index contributed by atoms with van der Waals surface area (Å²) in [6.07, 6.45) is 10.2. The van der Waals surface area contributed by atoms with Gasteiger partial charge in [-0.05, 0) is 31.7 Å². The zero-order valence-corrected chi connectivity index (χ0v) is 14.7. The summed E-state index contributed by atoms with van der Waals surface area (Å²) in [5, 5.41) is 14.3. The molecule has 1 N–H and O–H groups in total. The normalized spacial score (nSPS) is 19.3. The van der Waals surface area contributed by atoms with Crippen LogP contribution >= 0.6 is 0 Å². The van der Waals surface area contributed by atoms with Gasteiger partial charge in [0.1, 0.15) is 0 Å². The van der Waals surface area contributed by atoms with Crippen molar-refractivity contribution in [3.05, 3.63) is 33.9 Å². The first kappa shape index (κ1) is 17.7. The molecule has 1 aliphatic heterocycles. The van der Waals surface area contributed by atoms with E-state index in [0.29, 0.717) is 5.56 Å². The van der Waals surface area contributed by atoms with Gasteiger partial charge in [0.05, 0.1) is 16.2 Å². The lowest BCUT2D eigenvalue weighted by Gasteiger charge is -2.24. The molecular formula is C19H27N3O3. The fraction of sp³-hybridized carbons (Fsp3) is 0.632. The van der Waals surface area contributed by atoms with Crippen molar-refractivity contribution in [3.63, 3.8) is 0 Å². The molecule has 0 aromatic heterocycles. The van der Waals surface area contributed by atoms with E-state index in [-0.39, 0.29) is 17.6 Å². The summed E-state index contributed by atoms with van der Waals surface area (Å²) in [5.41, 5.74) is 1.25. The highest BCUT2D eigenvalue weighted by atomic mass is 16.6. The van der Waals surface area contributed by atoms with Crippen molar-refractivity contribution in [3.8, 4) is 0 Å². The van der Waals surface area contributed by atoms with Crippen LogP contribution in [0.2, 0.25) is 0 Å². The number of nitrogens with one attached hydrogen (secondary N) is 1. The van der Waals surface area contributed by atoms with Gasteiger partial charge in [-0.1, -0.05) is 32.1 Å². The summed E-state index contributed by atoms with van der Waals surface area (Å²) in [6, 6.07) is 4.85. The second-order valence-electron chi connectivity index (χ2n) is 7.17. The van der Waals surface area contributed by atoms with E-state index in [1.807, 2.05) is 0 Å². The number of carbonyl (C=O) groups excluding carboxylic acids is 1. The van der Waals surface area contributed by atoms with Gasteiger partial charge in [-0.25, -0.2) is 0 Å². The van der Waals surface area contributed by atoms with E-state index in [9.17, 15) is 14.9 Å². The number of nitrogens with zero attached hydrogens (tertiary/aromatic N) is 2. The minimum atomic E-state index is -0.430. The number of anilines is 1. The lowest BCUT2D eigenvalue weighted by molar-refractivity contribution is -0.384. The Kier molecular flexibility index (Phi) is 5.89. The number of nitro benzene ring substituents is 1. The minimum absolute atomic E-state index is 0.0224. The monoisotopic (exact) mass is 345 g/mol. The molecule has 1 amide bonds. The minimum Gasteiger partial charge on any atom is -0.371 e. The molecule has 6 nitrogen and oxygen atoms in total. The summed E-state index contributed by atoms with van der Waals surface area (Å²) in [7, 11) is 0. The predicted octanol–water partition coefficient (Wildman–Crippen LogP) is 4.04. The van der Waals surface area contributed by atoms with Gasteiger partial charge in [0, 0.05) is 31.3 Å². The molecule has 2 fully saturated rings. The van der Waals surface area contributed by atoms with Gasteiger partial charge in [0.15, 0.2) is 0 Å². The Morgan fingerprint density at radius 1 is 1.04 bits per heavy atom. The Morgan fingerprint density at radius 2 is 1.68 bits per heavy atom. The molecule has 0 radical (unpaired) electrons. The SMILES string of the molecule is O=C(NC1CCCCCCC1)c1cc([N+](=O)[O-])ccc1N1CCCC1. The van der Waals surface area contributed by atoms with Crippen LogP contribution in [0.15, 0.2) is 18.2 Å². The largest absolute Gasteiger partial charge is 0.371 e. The Hall–Kier alpha value is -2.11. The Bertz CT molecular complexity index is 618. The van der Waals surface area contributed by atoms with Gasteiger partial charge in [0.25, 0.3) is 11.6 Å². The van der Waals surface area contributed by atoms with Crippen LogP contribution in [-0.2, 0) is 0 Å². The summed E-state index contributed by atoms with van der Waals surface area (Å²) < 4.78 is 0.